The van der Waals surface area contributed by atoms with Crippen molar-refractivity contribution in [2.45, 2.75) is 6.18 Å². The minimum Gasteiger partial charge on any atom is -0.368 e. The molecule has 0 aliphatic heterocycles. The second kappa shape index (κ2) is 4.41. The van der Waals surface area contributed by atoms with Crippen LogP contribution in [0.15, 0.2) is 24.3 Å². The van der Waals surface area contributed by atoms with Gasteiger partial charge in [0.05, 0.1) is 5.56 Å². The number of halogens is 4. The summed E-state index contributed by atoms with van der Waals surface area (Å²) >= 11 is 5.57. The van der Waals surface area contributed by atoms with E-state index in [-0.39, 0.29) is 22.6 Å². The average molecular weight is 275 g/mol. The van der Waals surface area contributed by atoms with Gasteiger partial charge in [-0.15, -0.1) is 0 Å². The zero-order valence-electron chi connectivity index (χ0n) is 8.74. The Morgan fingerprint density at radius 2 is 1.83 bits per heavy atom. The summed E-state index contributed by atoms with van der Waals surface area (Å²) in [5.41, 5.74) is 4.72. The number of benzene rings is 1. The summed E-state index contributed by atoms with van der Waals surface area (Å²) in [6, 6.07) is 4.56. The van der Waals surface area contributed by atoms with Crippen molar-refractivity contribution >= 4 is 17.5 Å². The van der Waals surface area contributed by atoms with Gasteiger partial charge in [0.1, 0.15) is 0 Å². The quantitative estimate of drug-likeness (QED) is 0.868. The number of hydrogen-bond donors (Lipinski definition) is 1. The molecule has 0 aliphatic carbocycles. The third kappa shape index (κ3) is 2.67. The molecule has 2 aromatic rings. The monoisotopic (exact) mass is 274 g/mol. The topological polar surface area (TPSA) is 64.7 Å². The highest BCUT2D eigenvalue weighted by molar-refractivity contribution is 6.28. The zero-order chi connectivity index (χ0) is 13.3. The zero-order valence-corrected chi connectivity index (χ0v) is 9.50. The lowest BCUT2D eigenvalue weighted by Gasteiger charge is -2.08. The van der Waals surface area contributed by atoms with Crippen molar-refractivity contribution in [3.63, 3.8) is 0 Å². The predicted molar refractivity (Wildman–Crippen MR) is 59.7 cm³/mol. The maximum Gasteiger partial charge on any atom is 0.416 e. The largest absolute Gasteiger partial charge is 0.416 e. The molecule has 0 atom stereocenters. The Morgan fingerprint density at radius 1 is 1.11 bits per heavy atom. The molecule has 1 aromatic heterocycles. The van der Waals surface area contributed by atoms with E-state index in [9.17, 15) is 13.2 Å². The van der Waals surface area contributed by atoms with Gasteiger partial charge in [0.25, 0.3) is 0 Å². The summed E-state index contributed by atoms with van der Waals surface area (Å²) in [5, 5.41) is -0.171. The van der Waals surface area contributed by atoms with Crippen LogP contribution < -0.4 is 5.73 Å². The first kappa shape index (κ1) is 12.6. The van der Waals surface area contributed by atoms with Crippen LogP contribution >= 0.6 is 11.6 Å². The number of anilines is 1. The molecule has 0 amide bonds. The Hall–Kier alpha value is -1.89. The number of alkyl halides is 3. The number of nitrogens with zero attached hydrogens (tertiary/aromatic N) is 3. The number of hydrogen-bond acceptors (Lipinski definition) is 4. The van der Waals surface area contributed by atoms with Crippen LogP contribution in [-0.2, 0) is 6.18 Å². The van der Waals surface area contributed by atoms with Crippen LogP contribution in [0, 0.1) is 0 Å². The fourth-order valence-corrected chi connectivity index (χ4v) is 1.50. The van der Waals surface area contributed by atoms with E-state index in [1.807, 2.05) is 0 Å². The van der Waals surface area contributed by atoms with Crippen molar-refractivity contribution in [3.05, 3.63) is 35.1 Å². The Kier molecular flexibility index (Phi) is 3.08. The third-order valence-corrected chi connectivity index (χ3v) is 2.24. The lowest BCUT2D eigenvalue weighted by atomic mass is 10.1. The highest BCUT2D eigenvalue weighted by Gasteiger charge is 2.30. The molecule has 0 fully saturated rings. The van der Waals surface area contributed by atoms with Crippen molar-refractivity contribution in [1.29, 1.82) is 0 Å². The van der Waals surface area contributed by atoms with E-state index in [1.165, 1.54) is 12.1 Å². The fraction of sp³-hybridized carbons (Fsp3) is 0.100. The van der Waals surface area contributed by atoms with Crippen LogP contribution in [0.25, 0.3) is 11.4 Å². The van der Waals surface area contributed by atoms with Gasteiger partial charge < -0.3 is 5.73 Å². The number of rotatable bonds is 1. The molecule has 2 rings (SSSR count). The van der Waals surface area contributed by atoms with Crippen molar-refractivity contribution in [3.8, 4) is 11.4 Å². The Morgan fingerprint density at radius 3 is 2.44 bits per heavy atom. The van der Waals surface area contributed by atoms with Gasteiger partial charge in [-0.3, -0.25) is 0 Å². The smallest absolute Gasteiger partial charge is 0.368 e. The first-order valence-electron chi connectivity index (χ1n) is 4.71. The predicted octanol–water partition coefficient (Wildman–Crippen LogP) is 2.79. The van der Waals surface area contributed by atoms with E-state index in [0.717, 1.165) is 12.1 Å². The molecule has 0 bridgehead atoms. The summed E-state index contributed by atoms with van der Waals surface area (Å²) in [5.74, 6) is -0.152. The van der Waals surface area contributed by atoms with Gasteiger partial charge in [-0.1, -0.05) is 12.1 Å². The minimum absolute atomic E-state index is 0.00130. The molecule has 18 heavy (non-hydrogen) atoms. The van der Waals surface area contributed by atoms with Crippen molar-refractivity contribution in [1.82, 2.24) is 15.0 Å². The second-order valence-electron chi connectivity index (χ2n) is 3.36. The highest BCUT2D eigenvalue weighted by Crippen LogP contribution is 2.31. The molecule has 0 saturated heterocycles. The van der Waals surface area contributed by atoms with E-state index in [1.54, 1.807) is 0 Å². The molecular formula is C10H6ClF3N4. The molecule has 8 heteroatoms. The highest BCUT2D eigenvalue weighted by atomic mass is 35.5. The van der Waals surface area contributed by atoms with Gasteiger partial charge in [-0.05, 0) is 23.7 Å². The van der Waals surface area contributed by atoms with Gasteiger partial charge in [0.15, 0.2) is 5.82 Å². The maximum absolute atomic E-state index is 12.5. The van der Waals surface area contributed by atoms with Gasteiger partial charge in [0.2, 0.25) is 11.2 Å². The Labute approximate surface area is 105 Å². The van der Waals surface area contributed by atoms with Crippen LogP contribution in [0.4, 0.5) is 19.1 Å². The molecule has 0 radical (unpaired) electrons. The Bertz CT molecular complexity index is 565. The SMILES string of the molecule is Nc1nc(Cl)nc(-c2cccc(C(F)(F)F)c2)n1. The summed E-state index contributed by atoms with van der Waals surface area (Å²) in [7, 11) is 0. The van der Waals surface area contributed by atoms with E-state index in [2.05, 4.69) is 15.0 Å². The van der Waals surface area contributed by atoms with Gasteiger partial charge in [-0.25, -0.2) is 0 Å². The Balaban J connectivity index is 2.51. The van der Waals surface area contributed by atoms with Crippen LogP contribution in [0.2, 0.25) is 5.28 Å². The third-order valence-electron chi connectivity index (χ3n) is 2.07. The average Bonchev–Trinajstić information content (AvgIpc) is 2.27. The molecule has 2 N–H and O–H groups in total. The number of nitrogens with two attached hydrogens (primary N) is 1. The van der Waals surface area contributed by atoms with E-state index in [4.69, 9.17) is 17.3 Å². The molecule has 0 spiro atoms. The van der Waals surface area contributed by atoms with E-state index in [0.29, 0.717) is 0 Å². The van der Waals surface area contributed by atoms with E-state index < -0.39 is 11.7 Å². The summed E-state index contributed by atoms with van der Waals surface area (Å²) in [6.07, 6.45) is -4.43. The van der Waals surface area contributed by atoms with Gasteiger partial charge >= 0.3 is 6.18 Å². The molecule has 94 valence electrons. The standard InChI is InChI=1S/C10H6ClF3N4/c11-8-16-7(17-9(15)18-8)5-2-1-3-6(4-5)10(12,13)14/h1-4H,(H2,15,16,17,18). The van der Waals surface area contributed by atoms with Crippen LogP contribution in [0.1, 0.15) is 5.56 Å². The lowest BCUT2D eigenvalue weighted by molar-refractivity contribution is -0.137. The molecule has 1 aromatic carbocycles. The first-order valence-corrected chi connectivity index (χ1v) is 5.09. The van der Waals surface area contributed by atoms with Crippen LogP contribution in [0.3, 0.4) is 0 Å². The van der Waals surface area contributed by atoms with E-state index >= 15 is 0 Å². The minimum atomic E-state index is -4.43. The number of aromatic nitrogens is 3. The summed E-state index contributed by atoms with van der Waals surface area (Å²) in [4.78, 5) is 11.0. The number of nitrogen functional groups attached to an aromatic ring is 1. The first-order chi connectivity index (χ1) is 8.36. The molecular weight excluding hydrogens is 269 g/mol. The molecule has 1 heterocycles. The molecule has 0 aliphatic rings. The summed E-state index contributed by atoms with van der Waals surface area (Å²) in [6.45, 7) is 0. The molecule has 0 saturated carbocycles. The maximum atomic E-state index is 12.5. The van der Waals surface area contributed by atoms with Gasteiger partial charge in [-0.2, -0.15) is 28.1 Å². The molecule has 4 nitrogen and oxygen atoms in total. The second-order valence-corrected chi connectivity index (χ2v) is 3.70. The van der Waals surface area contributed by atoms with Crippen molar-refractivity contribution < 1.29 is 13.2 Å². The van der Waals surface area contributed by atoms with Gasteiger partial charge in [0, 0.05) is 5.56 Å². The fourth-order valence-electron chi connectivity index (χ4n) is 1.33. The lowest BCUT2D eigenvalue weighted by Crippen LogP contribution is -2.05. The normalized spacial score (nSPS) is 11.6. The molecule has 0 unspecified atom stereocenters. The summed E-state index contributed by atoms with van der Waals surface area (Å²) < 4.78 is 37.6. The van der Waals surface area contributed by atoms with Crippen molar-refractivity contribution in [2.75, 3.05) is 5.73 Å². The van der Waals surface area contributed by atoms with Crippen molar-refractivity contribution in [2.24, 2.45) is 0 Å². The van der Waals surface area contributed by atoms with Crippen LogP contribution in [0.5, 0.6) is 0 Å². The van der Waals surface area contributed by atoms with Crippen LogP contribution in [-0.4, -0.2) is 15.0 Å².